The molecule has 3 rings (SSSR count). The molecule has 20 heavy (non-hydrogen) atoms. The maximum atomic E-state index is 6.10. The van der Waals surface area contributed by atoms with E-state index in [1.54, 1.807) is 11.3 Å². The molecule has 0 radical (unpaired) electrons. The number of ether oxygens (including phenoxy) is 1. The zero-order valence-electron chi connectivity index (χ0n) is 12.2. The molecule has 0 saturated carbocycles. The summed E-state index contributed by atoms with van der Waals surface area (Å²) >= 11 is 1.80. The fraction of sp³-hybridized carbons (Fsp3) is 0.562. The van der Waals surface area contributed by atoms with Crippen LogP contribution in [0.2, 0.25) is 0 Å². The molecule has 0 bridgehead atoms. The second-order valence-corrected chi connectivity index (χ2v) is 6.62. The van der Waals surface area contributed by atoms with Crippen LogP contribution >= 0.6 is 11.3 Å². The van der Waals surface area contributed by atoms with Crippen molar-refractivity contribution in [3.63, 3.8) is 0 Å². The number of fused-ring (bicyclic) bond motifs is 1. The highest BCUT2D eigenvalue weighted by atomic mass is 32.1. The Morgan fingerprint density at radius 2 is 2.20 bits per heavy atom. The molecular weight excluding hydrogens is 268 g/mol. The molecule has 1 aromatic carbocycles. The van der Waals surface area contributed by atoms with Crippen molar-refractivity contribution in [2.75, 3.05) is 13.1 Å². The highest BCUT2D eigenvalue weighted by molar-refractivity contribution is 7.18. The fourth-order valence-corrected chi connectivity index (χ4v) is 3.62. The van der Waals surface area contributed by atoms with Crippen LogP contribution in [-0.2, 0) is 0 Å². The Balaban J connectivity index is 1.79. The van der Waals surface area contributed by atoms with Crippen molar-refractivity contribution in [2.24, 2.45) is 0 Å². The van der Waals surface area contributed by atoms with Crippen molar-refractivity contribution >= 4 is 21.6 Å². The maximum absolute atomic E-state index is 6.10. The van der Waals surface area contributed by atoms with Crippen LogP contribution in [0.4, 0.5) is 0 Å². The first kappa shape index (κ1) is 13.8. The van der Waals surface area contributed by atoms with Crippen LogP contribution in [0.5, 0.6) is 5.75 Å². The summed E-state index contributed by atoms with van der Waals surface area (Å²) in [4.78, 5) is 4.72. The standard InChI is InChI=1S/C16H22N2OS/c1-3-11(2)16-18-14-5-4-13(10-15(14)20-16)19-12-6-8-17-9-7-12/h4-5,10-12,17H,3,6-9H2,1-2H3. The van der Waals surface area contributed by atoms with Crippen LogP contribution in [0.3, 0.4) is 0 Å². The zero-order valence-corrected chi connectivity index (χ0v) is 13.0. The number of piperidine rings is 1. The lowest BCUT2D eigenvalue weighted by Crippen LogP contribution is -2.34. The van der Waals surface area contributed by atoms with Crippen molar-refractivity contribution in [3.05, 3.63) is 23.2 Å². The van der Waals surface area contributed by atoms with Crippen molar-refractivity contribution in [1.82, 2.24) is 10.3 Å². The molecule has 1 atom stereocenters. The molecular formula is C16H22N2OS. The van der Waals surface area contributed by atoms with E-state index in [9.17, 15) is 0 Å². The molecule has 4 heteroatoms. The molecule has 2 aromatic rings. The molecule has 2 heterocycles. The minimum atomic E-state index is 0.357. The van der Waals surface area contributed by atoms with E-state index in [4.69, 9.17) is 9.72 Å². The van der Waals surface area contributed by atoms with Gasteiger partial charge in [-0.05, 0) is 50.6 Å². The predicted octanol–water partition coefficient (Wildman–Crippen LogP) is 3.94. The van der Waals surface area contributed by atoms with Crippen LogP contribution < -0.4 is 10.1 Å². The second kappa shape index (κ2) is 6.10. The summed E-state index contributed by atoms with van der Waals surface area (Å²) in [6.45, 7) is 6.57. The Kier molecular flexibility index (Phi) is 4.22. The van der Waals surface area contributed by atoms with E-state index >= 15 is 0 Å². The van der Waals surface area contributed by atoms with Crippen molar-refractivity contribution < 1.29 is 4.74 Å². The van der Waals surface area contributed by atoms with Crippen LogP contribution in [0, 0.1) is 0 Å². The average molecular weight is 290 g/mol. The largest absolute Gasteiger partial charge is 0.490 e. The van der Waals surface area contributed by atoms with Gasteiger partial charge in [0.05, 0.1) is 15.2 Å². The molecule has 1 unspecified atom stereocenters. The minimum absolute atomic E-state index is 0.357. The smallest absolute Gasteiger partial charge is 0.121 e. The van der Waals surface area contributed by atoms with E-state index in [0.29, 0.717) is 12.0 Å². The van der Waals surface area contributed by atoms with Crippen molar-refractivity contribution in [1.29, 1.82) is 0 Å². The molecule has 1 aliphatic heterocycles. The van der Waals surface area contributed by atoms with Crippen LogP contribution in [0.25, 0.3) is 10.2 Å². The topological polar surface area (TPSA) is 34.1 Å². The summed E-state index contributed by atoms with van der Waals surface area (Å²) in [5, 5.41) is 4.60. The highest BCUT2D eigenvalue weighted by Crippen LogP contribution is 2.31. The van der Waals surface area contributed by atoms with Gasteiger partial charge in [0, 0.05) is 5.92 Å². The lowest BCUT2D eigenvalue weighted by atomic mass is 10.1. The van der Waals surface area contributed by atoms with E-state index in [0.717, 1.165) is 43.6 Å². The first-order chi connectivity index (χ1) is 9.76. The lowest BCUT2D eigenvalue weighted by Gasteiger charge is -2.23. The monoisotopic (exact) mass is 290 g/mol. The van der Waals surface area contributed by atoms with E-state index in [1.165, 1.54) is 9.71 Å². The molecule has 0 spiro atoms. The predicted molar refractivity (Wildman–Crippen MR) is 84.8 cm³/mol. The third-order valence-corrected chi connectivity index (χ3v) is 5.25. The highest BCUT2D eigenvalue weighted by Gasteiger charge is 2.15. The first-order valence-electron chi connectivity index (χ1n) is 7.54. The van der Waals surface area contributed by atoms with Gasteiger partial charge in [-0.1, -0.05) is 13.8 Å². The van der Waals surface area contributed by atoms with Crippen LogP contribution in [0.1, 0.15) is 44.0 Å². The van der Waals surface area contributed by atoms with Gasteiger partial charge in [-0.2, -0.15) is 0 Å². The van der Waals surface area contributed by atoms with Gasteiger partial charge in [-0.15, -0.1) is 11.3 Å². The van der Waals surface area contributed by atoms with Gasteiger partial charge in [0.1, 0.15) is 11.9 Å². The third kappa shape index (κ3) is 2.96. The number of nitrogens with zero attached hydrogens (tertiary/aromatic N) is 1. The number of aromatic nitrogens is 1. The maximum Gasteiger partial charge on any atom is 0.121 e. The second-order valence-electron chi connectivity index (χ2n) is 5.56. The fourth-order valence-electron chi connectivity index (χ4n) is 2.49. The van der Waals surface area contributed by atoms with Gasteiger partial charge in [0.2, 0.25) is 0 Å². The molecule has 3 nitrogen and oxygen atoms in total. The molecule has 1 aromatic heterocycles. The molecule has 0 amide bonds. The SMILES string of the molecule is CCC(C)c1nc2ccc(OC3CCNCC3)cc2s1. The van der Waals surface area contributed by atoms with Crippen molar-refractivity contribution in [2.45, 2.75) is 45.1 Å². The Labute approximate surface area is 124 Å². The summed E-state index contributed by atoms with van der Waals surface area (Å²) in [7, 11) is 0. The quantitative estimate of drug-likeness (QED) is 0.926. The number of thiazole rings is 1. The minimum Gasteiger partial charge on any atom is -0.490 e. The molecule has 1 N–H and O–H groups in total. The lowest BCUT2D eigenvalue weighted by molar-refractivity contribution is 0.162. The Hall–Kier alpha value is -1.13. The van der Waals surface area contributed by atoms with E-state index in [1.807, 2.05) is 0 Å². The van der Waals surface area contributed by atoms with E-state index in [2.05, 4.69) is 37.4 Å². The molecule has 1 saturated heterocycles. The van der Waals surface area contributed by atoms with Gasteiger partial charge in [0.15, 0.2) is 0 Å². The number of hydrogen-bond acceptors (Lipinski definition) is 4. The summed E-state index contributed by atoms with van der Waals surface area (Å²) < 4.78 is 7.34. The summed E-state index contributed by atoms with van der Waals surface area (Å²) in [5.41, 5.74) is 1.10. The van der Waals surface area contributed by atoms with Crippen LogP contribution in [0.15, 0.2) is 18.2 Å². The molecule has 1 aliphatic rings. The van der Waals surface area contributed by atoms with Crippen molar-refractivity contribution in [3.8, 4) is 5.75 Å². The van der Waals surface area contributed by atoms with Gasteiger partial charge in [-0.25, -0.2) is 4.98 Å². The summed E-state index contributed by atoms with van der Waals surface area (Å²) in [5.74, 6) is 1.53. The van der Waals surface area contributed by atoms with Crippen LogP contribution in [-0.4, -0.2) is 24.2 Å². The van der Waals surface area contributed by atoms with E-state index < -0.39 is 0 Å². The first-order valence-corrected chi connectivity index (χ1v) is 8.35. The molecule has 108 valence electrons. The number of benzene rings is 1. The molecule has 1 fully saturated rings. The van der Waals surface area contributed by atoms with Gasteiger partial charge in [0.25, 0.3) is 0 Å². The van der Waals surface area contributed by atoms with Gasteiger partial charge < -0.3 is 10.1 Å². The molecule has 0 aliphatic carbocycles. The Morgan fingerprint density at radius 1 is 1.40 bits per heavy atom. The average Bonchev–Trinajstić information content (AvgIpc) is 2.90. The normalized spacial score (nSPS) is 18.3. The third-order valence-electron chi connectivity index (χ3n) is 4.00. The summed E-state index contributed by atoms with van der Waals surface area (Å²) in [6.07, 6.45) is 3.69. The van der Waals surface area contributed by atoms with Gasteiger partial charge in [-0.3, -0.25) is 0 Å². The number of hydrogen-bond donors (Lipinski definition) is 1. The zero-order chi connectivity index (χ0) is 13.9. The Bertz CT molecular complexity index is 575. The number of nitrogens with one attached hydrogen (secondary N) is 1. The van der Waals surface area contributed by atoms with Gasteiger partial charge >= 0.3 is 0 Å². The van der Waals surface area contributed by atoms with E-state index in [-0.39, 0.29) is 0 Å². The Morgan fingerprint density at radius 3 is 2.95 bits per heavy atom. The number of rotatable bonds is 4. The summed E-state index contributed by atoms with van der Waals surface area (Å²) in [6, 6.07) is 6.31.